The van der Waals surface area contributed by atoms with Crippen molar-refractivity contribution in [2.24, 2.45) is 0 Å². The Morgan fingerprint density at radius 3 is 2.63 bits per heavy atom. The summed E-state index contributed by atoms with van der Waals surface area (Å²) in [5.74, 6) is -0.713. The Bertz CT molecular complexity index is 457. The van der Waals surface area contributed by atoms with Crippen LogP contribution in [0.5, 0.6) is 5.75 Å². The first-order valence-electron chi connectivity index (χ1n) is 6.09. The largest absolute Gasteiger partial charge is 0.486 e. The smallest absolute Gasteiger partial charge is 0.306 e. The van der Waals surface area contributed by atoms with Crippen molar-refractivity contribution in [2.75, 3.05) is 13.2 Å². The van der Waals surface area contributed by atoms with Gasteiger partial charge < -0.3 is 9.47 Å². The highest BCUT2D eigenvalue weighted by Gasteiger charge is 2.09. The van der Waals surface area contributed by atoms with E-state index >= 15 is 0 Å². The monoisotopic (exact) mass is 268 g/mol. The third kappa shape index (κ3) is 5.50. The Kier molecular flexibility index (Phi) is 5.99. The molecule has 1 aromatic carbocycles. The molecule has 0 fully saturated rings. The van der Waals surface area contributed by atoms with Gasteiger partial charge in [0.25, 0.3) is 0 Å². The minimum atomic E-state index is -0.405. The highest BCUT2D eigenvalue weighted by atomic mass is 19.1. The maximum absolute atomic E-state index is 13.2. The number of Topliss-reactive ketones (excluding diaryl/α,β-unsaturated/α-hetero) is 1. The van der Waals surface area contributed by atoms with Crippen molar-refractivity contribution >= 4 is 11.8 Å². The number of rotatable bonds is 7. The number of hydrogen-bond acceptors (Lipinski definition) is 4. The summed E-state index contributed by atoms with van der Waals surface area (Å²) in [6.07, 6.45) is 0.103. The summed E-state index contributed by atoms with van der Waals surface area (Å²) in [6, 6.07) is 4.40. The molecule has 0 amide bonds. The molecule has 0 aromatic heterocycles. The van der Waals surface area contributed by atoms with E-state index in [4.69, 9.17) is 9.47 Å². The molecule has 0 spiro atoms. The predicted octanol–water partition coefficient (Wildman–Crippen LogP) is 2.43. The van der Waals surface area contributed by atoms with Gasteiger partial charge in [-0.3, -0.25) is 9.59 Å². The molecule has 19 heavy (non-hydrogen) atoms. The van der Waals surface area contributed by atoms with Crippen LogP contribution in [0.1, 0.15) is 25.3 Å². The number of esters is 1. The van der Waals surface area contributed by atoms with Crippen LogP contribution in [0, 0.1) is 12.7 Å². The summed E-state index contributed by atoms with van der Waals surface area (Å²) >= 11 is 0. The first-order chi connectivity index (χ1) is 9.02. The minimum absolute atomic E-state index is 0.0400. The van der Waals surface area contributed by atoms with E-state index in [-0.39, 0.29) is 31.0 Å². The molecule has 0 saturated heterocycles. The van der Waals surface area contributed by atoms with Gasteiger partial charge in [-0.1, -0.05) is 6.07 Å². The molecule has 5 heteroatoms. The van der Waals surface area contributed by atoms with E-state index in [0.717, 1.165) is 0 Å². The van der Waals surface area contributed by atoms with Gasteiger partial charge in [-0.25, -0.2) is 4.39 Å². The lowest BCUT2D eigenvalue weighted by atomic mass is 10.2. The summed E-state index contributed by atoms with van der Waals surface area (Å²) in [7, 11) is 0. The van der Waals surface area contributed by atoms with Crippen LogP contribution in [0.4, 0.5) is 4.39 Å². The summed E-state index contributed by atoms with van der Waals surface area (Å²) in [4.78, 5) is 22.5. The molecule has 104 valence electrons. The molecule has 0 unspecified atom stereocenters. The third-order valence-corrected chi connectivity index (χ3v) is 2.46. The van der Waals surface area contributed by atoms with Gasteiger partial charge in [-0.15, -0.1) is 0 Å². The molecule has 0 aliphatic rings. The Balaban J connectivity index is 2.33. The van der Waals surface area contributed by atoms with Gasteiger partial charge in [0.15, 0.2) is 5.78 Å². The van der Waals surface area contributed by atoms with Crippen LogP contribution in [0.2, 0.25) is 0 Å². The number of hydrogen-bond donors (Lipinski definition) is 0. The van der Waals surface area contributed by atoms with E-state index in [1.54, 1.807) is 26.0 Å². The Labute approximate surface area is 111 Å². The standard InChI is InChI=1S/C14H17FO4/c1-3-18-14(17)7-5-11(16)9-19-12-6-4-10(2)13(15)8-12/h4,6,8H,3,5,7,9H2,1-2H3. The number of carbonyl (C=O) groups is 2. The second-order valence-corrected chi connectivity index (χ2v) is 4.04. The van der Waals surface area contributed by atoms with Gasteiger partial charge in [-0.05, 0) is 25.5 Å². The zero-order valence-electron chi connectivity index (χ0n) is 11.1. The fourth-order valence-corrected chi connectivity index (χ4v) is 1.37. The Morgan fingerprint density at radius 2 is 2.00 bits per heavy atom. The van der Waals surface area contributed by atoms with Gasteiger partial charge in [-0.2, -0.15) is 0 Å². The summed E-state index contributed by atoms with van der Waals surface area (Å²) < 4.78 is 23.1. The molecule has 0 atom stereocenters. The van der Waals surface area contributed by atoms with Crippen LogP contribution in [-0.2, 0) is 14.3 Å². The highest BCUT2D eigenvalue weighted by molar-refractivity contribution is 5.84. The highest BCUT2D eigenvalue weighted by Crippen LogP contribution is 2.15. The first-order valence-corrected chi connectivity index (χ1v) is 6.09. The molecule has 0 aliphatic carbocycles. The van der Waals surface area contributed by atoms with E-state index in [0.29, 0.717) is 17.9 Å². The van der Waals surface area contributed by atoms with Crippen molar-refractivity contribution in [3.05, 3.63) is 29.6 Å². The third-order valence-electron chi connectivity index (χ3n) is 2.46. The quantitative estimate of drug-likeness (QED) is 0.713. The van der Waals surface area contributed by atoms with E-state index in [1.807, 2.05) is 0 Å². The maximum atomic E-state index is 13.2. The van der Waals surface area contributed by atoms with E-state index in [2.05, 4.69) is 0 Å². The molecule has 0 heterocycles. The summed E-state index contributed by atoms with van der Waals surface area (Å²) in [5.41, 5.74) is 0.515. The Hall–Kier alpha value is -1.91. The van der Waals surface area contributed by atoms with Crippen LogP contribution in [0.25, 0.3) is 0 Å². The van der Waals surface area contributed by atoms with Crippen molar-refractivity contribution in [3.63, 3.8) is 0 Å². The minimum Gasteiger partial charge on any atom is -0.486 e. The fourth-order valence-electron chi connectivity index (χ4n) is 1.37. The molecule has 0 saturated carbocycles. The van der Waals surface area contributed by atoms with Crippen molar-refractivity contribution in [1.82, 2.24) is 0 Å². The summed E-state index contributed by atoms with van der Waals surface area (Å²) in [5, 5.41) is 0. The van der Waals surface area contributed by atoms with Crippen LogP contribution in [0.15, 0.2) is 18.2 Å². The lowest BCUT2D eigenvalue weighted by molar-refractivity contribution is -0.144. The lowest BCUT2D eigenvalue weighted by Gasteiger charge is -2.06. The summed E-state index contributed by atoms with van der Waals surface area (Å²) in [6.45, 7) is 3.46. The maximum Gasteiger partial charge on any atom is 0.306 e. The lowest BCUT2D eigenvalue weighted by Crippen LogP contribution is -2.14. The number of ether oxygens (including phenoxy) is 2. The average Bonchev–Trinajstić information content (AvgIpc) is 2.38. The molecular weight excluding hydrogens is 251 g/mol. The first kappa shape index (κ1) is 15.1. The molecule has 0 bridgehead atoms. The SMILES string of the molecule is CCOC(=O)CCC(=O)COc1ccc(C)c(F)c1. The van der Waals surface area contributed by atoms with Crippen LogP contribution in [0.3, 0.4) is 0 Å². The zero-order valence-corrected chi connectivity index (χ0v) is 11.1. The second kappa shape index (κ2) is 7.51. The van der Waals surface area contributed by atoms with Gasteiger partial charge in [0.1, 0.15) is 18.2 Å². The number of halogens is 1. The normalized spacial score (nSPS) is 10.1. The number of aryl methyl sites for hydroxylation is 1. The molecule has 0 aliphatic heterocycles. The van der Waals surface area contributed by atoms with Gasteiger partial charge >= 0.3 is 5.97 Å². The van der Waals surface area contributed by atoms with Gasteiger partial charge in [0, 0.05) is 12.5 Å². The number of ketones is 1. The molecule has 4 nitrogen and oxygen atoms in total. The van der Waals surface area contributed by atoms with Crippen molar-refractivity contribution in [1.29, 1.82) is 0 Å². The van der Waals surface area contributed by atoms with Crippen LogP contribution in [-0.4, -0.2) is 25.0 Å². The molecule has 0 N–H and O–H groups in total. The number of carbonyl (C=O) groups excluding carboxylic acids is 2. The van der Waals surface area contributed by atoms with E-state index in [1.165, 1.54) is 6.07 Å². The van der Waals surface area contributed by atoms with E-state index in [9.17, 15) is 14.0 Å². The predicted molar refractivity (Wildman–Crippen MR) is 67.5 cm³/mol. The zero-order chi connectivity index (χ0) is 14.3. The van der Waals surface area contributed by atoms with Crippen LogP contribution >= 0.6 is 0 Å². The molecule has 0 radical (unpaired) electrons. The molecule has 1 aromatic rings. The van der Waals surface area contributed by atoms with E-state index < -0.39 is 5.97 Å². The molecular formula is C14H17FO4. The van der Waals surface area contributed by atoms with Gasteiger partial charge in [0.2, 0.25) is 0 Å². The second-order valence-electron chi connectivity index (χ2n) is 4.04. The van der Waals surface area contributed by atoms with Crippen molar-refractivity contribution in [2.45, 2.75) is 26.7 Å². The number of benzene rings is 1. The van der Waals surface area contributed by atoms with Crippen LogP contribution < -0.4 is 4.74 Å². The van der Waals surface area contributed by atoms with Crippen molar-refractivity contribution < 1.29 is 23.5 Å². The topological polar surface area (TPSA) is 52.6 Å². The van der Waals surface area contributed by atoms with Crippen molar-refractivity contribution in [3.8, 4) is 5.75 Å². The molecule has 1 rings (SSSR count). The van der Waals surface area contributed by atoms with Gasteiger partial charge in [0.05, 0.1) is 13.0 Å². The Morgan fingerprint density at radius 1 is 1.26 bits per heavy atom. The fraction of sp³-hybridized carbons (Fsp3) is 0.429. The average molecular weight is 268 g/mol.